The molecule has 0 aliphatic carbocycles. The Morgan fingerprint density at radius 2 is 2.20 bits per heavy atom. The maximum absolute atomic E-state index is 13.5. The lowest BCUT2D eigenvalue weighted by atomic mass is 10.1. The van der Waals surface area contributed by atoms with Gasteiger partial charge in [0, 0.05) is 12.1 Å². The summed E-state index contributed by atoms with van der Waals surface area (Å²) in [6.07, 6.45) is 2.91. The second kappa shape index (κ2) is 5.77. The van der Waals surface area contributed by atoms with Gasteiger partial charge in [0.25, 0.3) is 0 Å². The van der Waals surface area contributed by atoms with Gasteiger partial charge in [0.2, 0.25) is 5.88 Å². The van der Waals surface area contributed by atoms with Crippen molar-refractivity contribution in [3.63, 3.8) is 0 Å². The van der Waals surface area contributed by atoms with E-state index < -0.39 is 16.8 Å². The average Bonchev–Trinajstić information content (AvgIpc) is 2.85. The van der Waals surface area contributed by atoms with Crippen molar-refractivity contribution in [2.45, 2.75) is 44.4 Å². The highest BCUT2D eigenvalue weighted by Gasteiger charge is 2.37. The fourth-order valence-electron chi connectivity index (χ4n) is 2.45. The monoisotopic (exact) mass is 300 g/mol. The first-order chi connectivity index (χ1) is 9.34. The summed E-state index contributed by atoms with van der Waals surface area (Å²) in [5, 5.41) is 0. The summed E-state index contributed by atoms with van der Waals surface area (Å²) in [7, 11) is 0.385. The predicted octanol–water partition coefficient (Wildman–Crippen LogP) is 2.83. The van der Waals surface area contributed by atoms with Gasteiger partial charge in [0.1, 0.15) is 16.8 Å². The molecular formula is C14H21FN2O2S. The van der Waals surface area contributed by atoms with Gasteiger partial charge in [-0.2, -0.15) is 0 Å². The first-order valence-electron chi connectivity index (χ1n) is 6.72. The normalized spacial score (nSPS) is 21.9. The Labute approximate surface area is 121 Å². The maximum Gasteiger partial charge on any atom is 0.218 e. The molecule has 0 amide bonds. The molecule has 1 unspecified atom stereocenters. The van der Waals surface area contributed by atoms with E-state index in [1.165, 1.54) is 13.2 Å². The Morgan fingerprint density at radius 3 is 2.80 bits per heavy atom. The maximum atomic E-state index is 13.5. The highest BCUT2D eigenvalue weighted by molar-refractivity contribution is 7.84. The molecule has 1 aliphatic rings. The lowest BCUT2D eigenvalue weighted by Crippen LogP contribution is -2.37. The number of aromatic nitrogens is 1. The summed E-state index contributed by atoms with van der Waals surface area (Å²) in [4.78, 5) is 3.97. The summed E-state index contributed by atoms with van der Waals surface area (Å²) in [6.45, 7) is 6.58. The van der Waals surface area contributed by atoms with Gasteiger partial charge in [0.05, 0.1) is 24.1 Å². The van der Waals surface area contributed by atoms with Crippen molar-refractivity contribution < 1.29 is 13.3 Å². The molecule has 1 aromatic heterocycles. The van der Waals surface area contributed by atoms with Crippen molar-refractivity contribution in [2.24, 2.45) is 0 Å². The quantitative estimate of drug-likeness (QED) is 0.862. The Balaban J connectivity index is 2.36. The molecule has 1 fully saturated rings. The predicted molar refractivity (Wildman–Crippen MR) is 77.3 cm³/mol. The zero-order valence-corrected chi connectivity index (χ0v) is 13.2. The minimum Gasteiger partial charge on any atom is -0.481 e. The Morgan fingerprint density at radius 1 is 1.50 bits per heavy atom. The van der Waals surface area contributed by atoms with Crippen LogP contribution in [0.4, 0.5) is 4.39 Å². The van der Waals surface area contributed by atoms with E-state index in [4.69, 9.17) is 4.74 Å². The van der Waals surface area contributed by atoms with Crippen LogP contribution in [-0.4, -0.2) is 31.9 Å². The number of pyridine rings is 1. The number of nitrogens with zero attached hydrogens (tertiary/aromatic N) is 2. The Hall–Kier alpha value is -1.01. The van der Waals surface area contributed by atoms with E-state index in [2.05, 4.69) is 4.98 Å². The molecule has 6 heteroatoms. The smallest absolute Gasteiger partial charge is 0.218 e. The van der Waals surface area contributed by atoms with Crippen LogP contribution < -0.4 is 4.74 Å². The minimum atomic E-state index is -1.13. The van der Waals surface area contributed by atoms with Gasteiger partial charge >= 0.3 is 0 Å². The standard InChI is InChI=1S/C14H21FN2O2S/c1-14(2,3)20(18)17-7-5-6-12(17)11-8-10(15)9-16-13(11)19-4/h8-9,12H,5-7H2,1-4H3/t12?,20-/m0/s1. The van der Waals surface area contributed by atoms with Crippen molar-refractivity contribution in [1.82, 2.24) is 9.29 Å². The molecule has 20 heavy (non-hydrogen) atoms. The highest BCUT2D eigenvalue weighted by atomic mass is 32.2. The van der Waals surface area contributed by atoms with Gasteiger partial charge in [0.15, 0.2) is 0 Å². The van der Waals surface area contributed by atoms with Crippen LogP contribution in [0.1, 0.15) is 45.2 Å². The molecule has 0 N–H and O–H groups in total. The van der Waals surface area contributed by atoms with E-state index >= 15 is 0 Å². The first-order valence-corrected chi connectivity index (χ1v) is 7.83. The molecule has 4 nitrogen and oxygen atoms in total. The lowest BCUT2D eigenvalue weighted by molar-refractivity contribution is 0.360. The number of hydrogen-bond donors (Lipinski definition) is 0. The summed E-state index contributed by atoms with van der Waals surface area (Å²) < 4.78 is 32.9. The minimum absolute atomic E-state index is 0.104. The van der Waals surface area contributed by atoms with Crippen LogP contribution in [0.15, 0.2) is 12.3 Å². The van der Waals surface area contributed by atoms with Crippen molar-refractivity contribution in [3.8, 4) is 5.88 Å². The molecule has 1 saturated heterocycles. The second-order valence-electron chi connectivity index (χ2n) is 5.91. The Kier molecular flexibility index (Phi) is 4.44. The molecule has 0 spiro atoms. The van der Waals surface area contributed by atoms with Crippen LogP contribution in [0.3, 0.4) is 0 Å². The Bertz CT molecular complexity index is 516. The zero-order valence-electron chi connectivity index (χ0n) is 12.4. The summed E-state index contributed by atoms with van der Waals surface area (Å²) in [5.41, 5.74) is 0.683. The third-order valence-electron chi connectivity index (χ3n) is 3.34. The van der Waals surface area contributed by atoms with Gasteiger partial charge in [-0.1, -0.05) is 0 Å². The molecule has 0 radical (unpaired) electrons. The number of ether oxygens (including phenoxy) is 1. The van der Waals surface area contributed by atoms with E-state index in [9.17, 15) is 8.60 Å². The number of rotatable bonds is 3. The third-order valence-corrected chi connectivity index (χ3v) is 5.25. The SMILES string of the molecule is COc1ncc(F)cc1C1CCCN1[S@@](=O)C(C)(C)C. The third kappa shape index (κ3) is 3.01. The molecule has 2 atom stereocenters. The van der Waals surface area contributed by atoms with Crippen LogP contribution in [0.5, 0.6) is 5.88 Å². The summed E-state index contributed by atoms with van der Waals surface area (Å²) in [5.74, 6) is 0.0170. The van der Waals surface area contributed by atoms with E-state index in [-0.39, 0.29) is 10.8 Å². The number of halogens is 1. The number of methoxy groups -OCH3 is 1. The van der Waals surface area contributed by atoms with Crippen LogP contribution in [0.2, 0.25) is 0 Å². The largest absolute Gasteiger partial charge is 0.481 e. The molecule has 0 bridgehead atoms. The molecule has 2 rings (SSSR count). The summed E-state index contributed by atoms with van der Waals surface area (Å²) in [6, 6.07) is 1.34. The van der Waals surface area contributed by atoms with Crippen molar-refractivity contribution in [2.75, 3.05) is 13.7 Å². The van der Waals surface area contributed by atoms with E-state index in [1.54, 1.807) is 0 Å². The zero-order chi connectivity index (χ0) is 14.9. The lowest BCUT2D eigenvalue weighted by Gasteiger charge is -2.30. The topological polar surface area (TPSA) is 42.4 Å². The van der Waals surface area contributed by atoms with E-state index in [1.807, 2.05) is 25.1 Å². The average molecular weight is 300 g/mol. The van der Waals surface area contributed by atoms with E-state index in [0.717, 1.165) is 25.6 Å². The molecule has 0 aromatic carbocycles. The molecule has 1 aliphatic heterocycles. The second-order valence-corrected chi connectivity index (χ2v) is 8.10. The van der Waals surface area contributed by atoms with Crippen LogP contribution in [-0.2, 0) is 11.0 Å². The van der Waals surface area contributed by atoms with Crippen LogP contribution in [0.25, 0.3) is 0 Å². The van der Waals surface area contributed by atoms with Gasteiger partial charge < -0.3 is 4.74 Å². The fourth-order valence-corrected chi connectivity index (χ4v) is 3.90. The first kappa shape index (κ1) is 15.4. The van der Waals surface area contributed by atoms with E-state index in [0.29, 0.717) is 11.4 Å². The van der Waals surface area contributed by atoms with Crippen LogP contribution in [0, 0.1) is 5.82 Å². The van der Waals surface area contributed by atoms with Crippen LogP contribution >= 0.6 is 0 Å². The van der Waals surface area contributed by atoms with Gasteiger partial charge in [-0.15, -0.1) is 0 Å². The van der Waals surface area contributed by atoms with Crippen molar-refractivity contribution in [3.05, 3.63) is 23.6 Å². The van der Waals surface area contributed by atoms with Gasteiger partial charge in [-0.3, -0.25) is 0 Å². The van der Waals surface area contributed by atoms with Gasteiger partial charge in [-0.25, -0.2) is 17.9 Å². The van der Waals surface area contributed by atoms with Crippen molar-refractivity contribution >= 4 is 11.0 Å². The molecule has 112 valence electrons. The highest BCUT2D eigenvalue weighted by Crippen LogP contribution is 2.39. The van der Waals surface area contributed by atoms with Crippen molar-refractivity contribution in [1.29, 1.82) is 0 Å². The molecule has 0 saturated carbocycles. The summed E-state index contributed by atoms with van der Waals surface area (Å²) >= 11 is 0. The van der Waals surface area contributed by atoms with Gasteiger partial charge in [-0.05, 0) is 39.7 Å². The fraction of sp³-hybridized carbons (Fsp3) is 0.643. The number of hydrogen-bond acceptors (Lipinski definition) is 3. The molecule has 2 heterocycles. The molecular weight excluding hydrogens is 279 g/mol. The molecule has 1 aromatic rings.